The van der Waals surface area contributed by atoms with Gasteiger partial charge in [0.05, 0.1) is 39.1 Å². The maximum atomic E-state index is 5.19. The van der Waals surface area contributed by atoms with E-state index in [1.165, 1.54) is 0 Å². The second kappa shape index (κ2) is 12.3. The fourth-order valence-corrected chi connectivity index (χ4v) is 6.99. The van der Waals surface area contributed by atoms with Gasteiger partial charge in [0.1, 0.15) is 0 Å². The highest BCUT2D eigenvalue weighted by molar-refractivity contribution is 5.92. The molecule has 0 unspecified atom stereocenters. The molecule has 5 aromatic heterocycles. The van der Waals surface area contributed by atoms with Crippen LogP contribution in [0, 0.1) is 0 Å². The highest BCUT2D eigenvalue weighted by atomic mass is 14.8. The van der Waals surface area contributed by atoms with Gasteiger partial charge in [0.25, 0.3) is 0 Å². The molecule has 0 aliphatic heterocycles. The van der Waals surface area contributed by atoms with Crippen LogP contribution in [0.15, 0.2) is 176 Å². The quantitative estimate of drug-likeness (QED) is 0.183. The van der Waals surface area contributed by atoms with E-state index >= 15 is 0 Å². The monoisotopic (exact) mass is 663 g/mol. The van der Waals surface area contributed by atoms with Gasteiger partial charge in [-0.1, -0.05) is 72.8 Å². The standard InChI is InChI=1S/C47H29N5/c1-3-9-41-33(7-1)22-39(28-49-41)36-24-37(40-23-34-8-2-4-10-42(34)50-29-40)26-38(25-36)44-18-16-35-21-31(15-17-43(35)51-44)32-13-12-30-14-19-46(52-47(30)27-32)45-11-5-6-20-48-45/h1-29H. The Hall–Kier alpha value is -7.11. The van der Waals surface area contributed by atoms with Gasteiger partial charge in [0.15, 0.2) is 0 Å². The summed E-state index contributed by atoms with van der Waals surface area (Å²) in [5, 5.41) is 4.38. The van der Waals surface area contributed by atoms with E-state index in [0.717, 1.165) is 99.6 Å². The molecule has 0 radical (unpaired) electrons. The number of nitrogens with zero attached hydrogens (tertiary/aromatic N) is 5. The molecule has 5 nitrogen and oxygen atoms in total. The van der Waals surface area contributed by atoms with Gasteiger partial charge in [-0.2, -0.15) is 0 Å². The molecule has 0 saturated heterocycles. The molecule has 10 rings (SSSR count). The highest BCUT2D eigenvalue weighted by Crippen LogP contribution is 2.35. The first kappa shape index (κ1) is 29.8. The third-order valence-electron chi connectivity index (χ3n) is 9.72. The maximum absolute atomic E-state index is 5.19. The average Bonchev–Trinajstić information content (AvgIpc) is 3.22. The molecule has 0 spiro atoms. The van der Waals surface area contributed by atoms with Gasteiger partial charge in [0.2, 0.25) is 0 Å². The van der Waals surface area contributed by atoms with Crippen LogP contribution in [0.3, 0.4) is 0 Å². The topological polar surface area (TPSA) is 64.5 Å². The molecule has 5 aromatic carbocycles. The van der Waals surface area contributed by atoms with Gasteiger partial charge in [-0.15, -0.1) is 0 Å². The molecule has 52 heavy (non-hydrogen) atoms. The minimum Gasteiger partial charge on any atom is -0.256 e. The lowest BCUT2D eigenvalue weighted by Gasteiger charge is -2.12. The molecule has 0 bridgehead atoms. The van der Waals surface area contributed by atoms with Crippen LogP contribution in [0.25, 0.3) is 99.6 Å². The lowest BCUT2D eigenvalue weighted by molar-refractivity contribution is 1.28. The zero-order valence-corrected chi connectivity index (χ0v) is 28.0. The number of benzene rings is 5. The van der Waals surface area contributed by atoms with E-state index in [0.29, 0.717) is 0 Å². The van der Waals surface area contributed by atoms with Crippen molar-refractivity contribution in [3.8, 4) is 56.0 Å². The van der Waals surface area contributed by atoms with Gasteiger partial charge in [-0.05, 0) is 107 Å². The first-order valence-corrected chi connectivity index (χ1v) is 17.3. The lowest BCUT2D eigenvalue weighted by atomic mass is 9.94. The molecule has 0 aliphatic carbocycles. The van der Waals surface area contributed by atoms with Gasteiger partial charge < -0.3 is 0 Å². The van der Waals surface area contributed by atoms with E-state index in [9.17, 15) is 0 Å². The Labute approximate surface area is 300 Å². The van der Waals surface area contributed by atoms with Crippen molar-refractivity contribution in [1.82, 2.24) is 24.9 Å². The van der Waals surface area contributed by atoms with Gasteiger partial charge in [-0.25, -0.2) is 9.97 Å². The normalized spacial score (nSPS) is 11.5. The van der Waals surface area contributed by atoms with Gasteiger partial charge in [0, 0.05) is 56.8 Å². The number of rotatable bonds is 5. The third kappa shape index (κ3) is 5.51. The molecular formula is C47H29N5. The highest BCUT2D eigenvalue weighted by Gasteiger charge is 2.12. The summed E-state index contributed by atoms with van der Waals surface area (Å²) in [5.41, 5.74) is 14.0. The molecule has 0 atom stereocenters. The van der Waals surface area contributed by atoms with Crippen molar-refractivity contribution in [3.63, 3.8) is 0 Å². The van der Waals surface area contributed by atoms with Crippen molar-refractivity contribution in [2.75, 3.05) is 0 Å². The Kier molecular flexibility index (Phi) is 7.07. The molecule has 0 amide bonds. The molecule has 0 N–H and O–H groups in total. The Morgan fingerprint density at radius 1 is 0.269 bits per heavy atom. The van der Waals surface area contributed by atoms with Crippen molar-refractivity contribution < 1.29 is 0 Å². The predicted octanol–water partition coefficient (Wildman–Crippen LogP) is 11.6. The van der Waals surface area contributed by atoms with Crippen molar-refractivity contribution in [2.24, 2.45) is 0 Å². The Morgan fingerprint density at radius 2 is 0.827 bits per heavy atom. The van der Waals surface area contributed by atoms with Crippen LogP contribution in [0.2, 0.25) is 0 Å². The number of fused-ring (bicyclic) bond motifs is 4. The second-order valence-corrected chi connectivity index (χ2v) is 13.1. The largest absolute Gasteiger partial charge is 0.256 e. The molecule has 0 saturated carbocycles. The minimum absolute atomic E-state index is 0.862. The van der Waals surface area contributed by atoms with E-state index in [1.54, 1.807) is 6.20 Å². The fraction of sp³-hybridized carbons (Fsp3) is 0. The summed E-state index contributed by atoms with van der Waals surface area (Å²) >= 11 is 0. The Morgan fingerprint density at radius 3 is 1.56 bits per heavy atom. The Bertz CT molecular complexity index is 2880. The predicted molar refractivity (Wildman–Crippen MR) is 213 cm³/mol. The fourth-order valence-electron chi connectivity index (χ4n) is 6.99. The molecule has 10 aromatic rings. The van der Waals surface area contributed by atoms with E-state index in [4.69, 9.17) is 19.9 Å². The molecule has 0 fully saturated rings. The van der Waals surface area contributed by atoms with Crippen molar-refractivity contribution in [1.29, 1.82) is 0 Å². The van der Waals surface area contributed by atoms with Crippen molar-refractivity contribution in [2.45, 2.75) is 0 Å². The Balaban J connectivity index is 1.05. The van der Waals surface area contributed by atoms with Crippen LogP contribution in [0.4, 0.5) is 0 Å². The van der Waals surface area contributed by atoms with E-state index in [-0.39, 0.29) is 0 Å². The number of hydrogen-bond acceptors (Lipinski definition) is 5. The lowest BCUT2D eigenvalue weighted by Crippen LogP contribution is -1.91. The van der Waals surface area contributed by atoms with Crippen LogP contribution in [-0.4, -0.2) is 24.9 Å². The van der Waals surface area contributed by atoms with Gasteiger partial charge in [-0.3, -0.25) is 15.0 Å². The summed E-state index contributed by atoms with van der Waals surface area (Å²) in [4.78, 5) is 24.2. The zero-order chi connectivity index (χ0) is 34.4. The van der Waals surface area contributed by atoms with E-state index in [2.05, 4.69) is 114 Å². The summed E-state index contributed by atoms with van der Waals surface area (Å²) < 4.78 is 0. The van der Waals surface area contributed by atoms with E-state index < -0.39 is 0 Å². The number of aromatic nitrogens is 5. The van der Waals surface area contributed by atoms with Crippen LogP contribution in [0.5, 0.6) is 0 Å². The van der Waals surface area contributed by atoms with E-state index in [1.807, 2.05) is 60.9 Å². The van der Waals surface area contributed by atoms with Crippen LogP contribution in [-0.2, 0) is 0 Å². The average molecular weight is 664 g/mol. The summed E-state index contributed by atoms with van der Waals surface area (Å²) in [7, 11) is 0. The first-order chi connectivity index (χ1) is 25.7. The van der Waals surface area contributed by atoms with Crippen LogP contribution >= 0.6 is 0 Å². The number of hydrogen-bond donors (Lipinski definition) is 0. The molecular weight excluding hydrogens is 635 g/mol. The second-order valence-electron chi connectivity index (χ2n) is 13.1. The summed E-state index contributed by atoms with van der Waals surface area (Å²) in [6, 6.07) is 54.7. The first-order valence-electron chi connectivity index (χ1n) is 17.3. The third-order valence-corrected chi connectivity index (χ3v) is 9.72. The van der Waals surface area contributed by atoms with Crippen LogP contribution in [0.1, 0.15) is 0 Å². The zero-order valence-electron chi connectivity index (χ0n) is 28.0. The maximum Gasteiger partial charge on any atom is 0.0893 e. The van der Waals surface area contributed by atoms with Gasteiger partial charge >= 0.3 is 0 Å². The summed E-state index contributed by atoms with van der Waals surface area (Å²) in [6.07, 6.45) is 5.72. The van der Waals surface area contributed by atoms with Crippen molar-refractivity contribution >= 4 is 43.6 Å². The summed E-state index contributed by atoms with van der Waals surface area (Å²) in [6.45, 7) is 0. The van der Waals surface area contributed by atoms with Crippen molar-refractivity contribution in [3.05, 3.63) is 176 Å². The number of para-hydroxylation sites is 2. The molecule has 5 heteroatoms. The molecule has 5 heterocycles. The SMILES string of the molecule is c1ccc(-c2ccc3ccc(-c4ccc5nc(-c6cc(-c7cnc8ccccc8c7)cc(-c7cnc8ccccc8c7)c6)ccc5c4)cc3n2)nc1. The van der Waals surface area contributed by atoms with Crippen LogP contribution < -0.4 is 0 Å². The molecule has 0 aliphatic rings. The number of pyridine rings is 5. The smallest absolute Gasteiger partial charge is 0.0893 e. The summed E-state index contributed by atoms with van der Waals surface area (Å²) in [5.74, 6) is 0. The minimum atomic E-state index is 0.862. The molecule has 242 valence electrons.